The van der Waals surface area contributed by atoms with Crippen LogP contribution in [0.3, 0.4) is 0 Å². The largest absolute Gasteiger partial charge is 0.392 e. The van der Waals surface area contributed by atoms with Crippen molar-refractivity contribution in [2.75, 3.05) is 0 Å². The molecule has 106 valence electrons. The molecule has 2 unspecified atom stereocenters. The number of aromatic nitrogens is 3. The van der Waals surface area contributed by atoms with E-state index in [-0.39, 0.29) is 11.4 Å². The first-order chi connectivity index (χ1) is 9.83. The van der Waals surface area contributed by atoms with Crippen LogP contribution >= 0.6 is 11.8 Å². The van der Waals surface area contributed by atoms with Gasteiger partial charge in [0.05, 0.1) is 18.3 Å². The highest BCUT2D eigenvalue weighted by molar-refractivity contribution is 7.99. The van der Waals surface area contributed by atoms with E-state index in [1.54, 1.807) is 11.8 Å². The maximum Gasteiger partial charge on any atom is 0.168 e. The molecule has 20 heavy (non-hydrogen) atoms. The Morgan fingerprint density at radius 3 is 2.90 bits per heavy atom. The molecule has 0 saturated heterocycles. The highest BCUT2D eigenvalue weighted by atomic mass is 32.2. The molecule has 4 nitrogen and oxygen atoms in total. The minimum absolute atomic E-state index is 0.200. The van der Waals surface area contributed by atoms with Crippen molar-refractivity contribution < 1.29 is 5.11 Å². The molecule has 0 bridgehead atoms. The Balaban J connectivity index is 1.70. The third kappa shape index (κ3) is 3.22. The van der Waals surface area contributed by atoms with Crippen LogP contribution in [0.4, 0.5) is 0 Å². The minimum Gasteiger partial charge on any atom is -0.392 e. The van der Waals surface area contributed by atoms with Crippen LogP contribution in [0.25, 0.3) is 0 Å². The van der Waals surface area contributed by atoms with Gasteiger partial charge in [0.1, 0.15) is 0 Å². The summed E-state index contributed by atoms with van der Waals surface area (Å²) in [6.45, 7) is 0.728. The van der Waals surface area contributed by atoms with Crippen LogP contribution in [0.5, 0.6) is 0 Å². The first-order valence-corrected chi connectivity index (χ1v) is 7.96. The molecule has 5 heteroatoms. The summed E-state index contributed by atoms with van der Waals surface area (Å²) >= 11 is 1.70. The highest BCUT2D eigenvalue weighted by Gasteiger charge is 2.25. The lowest BCUT2D eigenvalue weighted by Gasteiger charge is -2.26. The number of imidazole rings is 1. The third-order valence-corrected chi connectivity index (χ3v) is 5.06. The van der Waals surface area contributed by atoms with Crippen LogP contribution in [0.1, 0.15) is 31.4 Å². The molecule has 2 heterocycles. The van der Waals surface area contributed by atoms with E-state index in [1.807, 2.05) is 36.8 Å². The smallest absolute Gasteiger partial charge is 0.168 e. The van der Waals surface area contributed by atoms with Gasteiger partial charge >= 0.3 is 0 Å². The van der Waals surface area contributed by atoms with Crippen LogP contribution in [0, 0.1) is 0 Å². The zero-order valence-corrected chi connectivity index (χ0v) is 12.2. The molecule has 0 aromatic carbocycles. The lowest BCUT2D eigenvalue weighted by atomic mass is 9.97. The zero-order valence-electron chi connectivity index (χ0n) is 11.4. The number of rotatable bonds is 4. The molecule has 1 saturated carbocycles. The van der Waals surface area contributed by atoms with Crippen molar-refractivity contribution in [1.82, 2.24) is 14.5 Å². The van der Waals surface area contributed by atoms with E-state index in [4.69, 9.17) is 0 Å². The first-order valence-electron chi connectivity index (χ1n) is 7.09. The van der Waals surface area contributed by atoms with Crippen LogP contribution in [0.15, 0.2) is 41.9 Å². The molecule has 2 atom stereocenters. The van der Waals surface area contributed by atoms with Crippen molar-refractivity contribution in [3.63, 3.8) is 0 Å². The second-order valence-electron chi connectivity index (χ2n) is 5.17. The second kappa shape index (κ2) is 6.41. The van der Waals surface area contributed by atoms with Gasteiger partial charge in [-0.1, -0.05) is 30.7 Å². The Morgan fingerprint density at radius 2 is 2.10 bits per heavy atom. The van der Waals surface area contributed by atoms with E-state index in [1.165, 1.54) is 6.42 Å². The zero-order chi connectivity index (χ0) is 13.8. The summed E-state index contributed by atoms with van der Waals surface area (Å²) in [5, 5.41) is 11.3. The number of hydrogen-bond acceptors (Lipinski definition) is 4. The molecule has 2 aromatic heterocycles. The molecule has 1 aliphatic carbocycles. The van der Waals surface area contributed by atoms with Gasteiger partial charge in [0.2, 0.25) is 0 Å². The van der Waals surface area contributed by atoms with Crippen LogP contribution in [-0.2, 0) is 6.54 Å². The van der Waals surface area contributed by atoms with Crippen molar-refractivity contribution in [2.24, 2.45) is 0 Å². The summed E-state index contributed by atoms with van der Waals surface area (Å²) in [7, 11) is 0. The maximum atomic E-state index is 10.1. The van der Waals surface area contributed by atoms with Gasteiger partial charge in [0.25, 0.3) is 0 Å². The fourth-order valence-electron chi connectivity index (χ4n) is 2.55. The number of hydrogen-bond donors (Lipinski definition) is 1. The van der Waals surface area contributed by atoms with Crippen molar-refractivity contribution in [3.8, 4) is 0 Å². The Morgan fingerprint density at radius 1 is 1.20 bits per heavy atom. The van der Waals surface area contributed by atoms with E-state index in [9.17, 15) is 5.11 Å². The molecular formula is C15H19N3OS. The fraction of sp³-hybridized carbons (Fsp3) is 0.467. The number of nitrogens with zero attached hydrogens (tertiary/aromatic N) is 3. The van der Waals surface area contributed by atoms with Gasteiger partial charge in [-0.3, -0.25) is 4.98 Å². The van der Waals surface area contributed by atoms with Crippen LogP contribution in [-0.4, -0.2) is 31.0 Å². The minimum atomic E-state index is -0.200. The normalized spacial score (nSPS) is 22.9. The first kappa shape index (κ1) is 13.6. The van der Waals surface area contributed by atoms with Crippen molar-refractivity contribution in [2.45, 2.75) is 48.7 Å². The average Bonchev–Trinajstić information content (AvgIpc) is 2.90. The molecule has 1 fully saturated rings. The lowest BCUT2D eigenvalue weighted by Crippen LogP contribution is -2.27. The Labute approximate surface area is 123 Å². The standard InChI is InChI=1S/C15H19N3OS/c19-13-6-1-2-7-14(13)20-15-17-9-10-18(15)11-12-5-3-4-8-16-12/h3-5,8-10,13-14,19H,1-2,6-7,11H2. The molecule has 1 N–H and O–H groups in total. The second-order valence-corrected chi connectivity index (χ2v) is 6.37. The summed E-state index contributed by atoms with van der Waals surface area (Å²) in [6, 6.07) is 5.94. The molecule has 0 radical (unpaired) electrons. The van der Waals surface area contributed by atoms with Gasteiger partial charge in [0, 0.05) is 23.8 Å². The van der Waals surface area contributed by atoms with Crippen molar-refractivity contribution >= 4 is 11.8 Å². The summed E-state index contributed by atoms with van der Waals surface area (Å²) in [6.07, 6.45) is 9.74. The Kier molecular flexibility index (Phi) is 4.38. The molecule has 2 aromatic rings. The van der Waals surface area contributed by atoms with E-state index in [2.05, 4.69) is 14.5 Å². The monoisotopic (exact) mass is 289 g/mol. The summed E-state index contributed by atoms with van der Waals surface area (Å²) in [4.78, 5) is 8.78. The van der Waals surface area contributed by atoms with E-state index in [0.717, 1.165) is 36.7 Å². The summed E-state index contributed by atoms with van der Waals surface area (Å²) < 4.78 is 2.11. The van der Waals surface area contributed by atoms with Crippen LogP contribution in [0.2, 0.25) is 0 Å². The van der Waals surface area contributed by atoms with Crippen LogP contribution < -0.4 is 0 Å². The van der Waals surface area contributed by atoms with Gasteiger partial charge in [-0.15, -0.1) is 0 Å². The maximum absolute atomic E-state index is 10.1. The van der Waals surface area contributed by atoms with Gasteiger partial charge in [-0.05, 0) is 25.0 Å². The SMILES string of the molecule is OC1CCCCC1Sc1nccn1Cc1ccccn1. The molecule has 0 amide bonds. The molecule has 0 spiro atoms. The number of pyridine rings is 1. The van der Waals surface area contributed by atoms with Crippen molar-refractivity contribution in [1.29, 1.82) is 0 Å². The average molecular weight is 289 g/mol. The third-order valence-electron chi connectivity index (χ3n) is 3.66. The highest BCUT2D eigenvalue weighted by Crippen LogP contribution is 2.33. The van der Waals surface area contributed by atoms with E-state index < -0.39 is 0 Å². The topological polar surface area (TPSA) is 50.9 Å². The predicted molar refractivity (Wildman–Crippen MR) is 79.7 cm³/mol. The number of aliphatic hydroxyl groups excluding tert-OH is 1. The Hall–Kier alpha value is -1.33. The van der Waals surface area contributed by atoms with E-state index in [0.29, 0.717) is 0 Å². The molecule has 0 aliphatic heterocycles. The molecular weight excluding hydrogens is 270 g/mol. The number of thioether (sulfide) groups is 1. The molecule has 1 aliphatic rings. The number of aliphatic hydroxyl groups is 1. The predicted octanol–water partition coefficient (Wildman–Crippen LogP) is 2.72. The molecule has 3 rings (SSSR count). The van der Waals surface area contributed by atoms with Gasteiger partial charge in [0.15, 0.2) is 5.16 Å². The summed E-state index contributed by atoms with van der Waals surface area (Å²) in [5.41, 5.74) is 1.02. The quantitative estimate of drug-likeness (QED) is 0.940. The van der Waals surface area contributed by atoms with E-state index >= 15 is 0 Å². The lowest BCUT2D eigenvalue weighted by molar-refractivity contribution is 0.137. The van der Waals surface area contributed by atoms with Crippen molar-refractivity contribution in [3.05, 3.63) is 42.5 Å². The Bertz CT molecular complexity index is 543. The summed E-state index contributed by atoms with van der Waals surface area (Å²) in [5.74, 6) is 0. The van der Waals surface area contributed by atoms with Gasteiger partial charge < -0.3 is 9.67 Å². The van der Waals surface area contributed by atoms with Gasteiger partial charge in [-0.2, -0.15) is 0 Å². The fourth-order valence-corrected chi connectivity index (χ4v) is 3.78. The van der Waals surface area contributed by atoms with Gasteiger partial charge in [-0.25, -0.2) is 4.98 Å².